The van der Waals surface area contributed by atoms with E-state index < -0.39 is 0 Å². The summed E-state index contributed by atoms with van der Waals surface area (Å²) in [4.78, 5) is 0. The highest BCUT2D eigenvalue weighted by molar-refractivity contribution is 6.32. The van der Waals surface area contributed by atoms with Crippen LogP contribution in [-0.4, -0.2) is 6.04 Å². The van der Waals surface area contributed by atoms with Gasteiger partial charge in [0.25, 0.3) is 0 Å². The molecular formula is C18H17ClN2. The highest BCUT2D eigenvalue weighted by Gasteiger charge is 2.30. The van der Waals surface area contributed by atoms with Crippen molar-refractivity contribution < 1.29 is 0 Å². The first kappa shape index (κ1) is 14.0. The van der Waals surface area contributed by atoms with E-state index in [1.54, 1.807) is 6.07 Å². The smallest absolute Gasteiger partial charge is 0.101 e. The van der Waals surface area contributed by atoms with Crippen LogP contribution >= 0.6 is 11.6 Å². The second-order valence-electron chi connectivity index (χ2n) is 5.73. The summed E-state index contributed by atoms with van der Waals surface area (Å²) in [6, 6.07) is 16.8. The van der Waals surface area contributed by atoms with Crippen LogP contribution in [0.15, 0.2) is 42.5 Å². The van der Waals surface area contributed by atoms with Gasteiger partial charge in [0.05, 0.1) is 10.6 Å². The molecule has 0 aromatic heterocycles. The Bertz CT molecular complexity index is 697. The van der Waals surface area contributed by atoms with Crippen LogP contribution in [0.2, 0.25) is 5.02 Å². The normalized spacial score (nSPS) is 20.4. The van der Waals surface area contributed by atoms with Gasteiger partial charge in [-0.15, -0.1) is 0 Å². The Balaban J connectivity index is 1.60. The average molecular weight is 297 g/mol. The number of nitrogens with zero attached hydrogens (tertiary/aromatic N) is 1. The van der Waals surface area contributed by atoms with Gasteiger partial charge < -0.3 is 5.32 Å². The van der Waals surface area contributed by atoms with Crippen molar-refractivity contribution in [1.82, 2.24) is 0 Å². The van der Waals surface area contributed by atoms with Gasteiger partial charge >= 0.3 is 0 Å². The van der Waals surface area contributed by atoms with E-state index >= 15 is 0 Å². The van der Waals surface area contributed by atoms with E-state index in [1.807, 2.05) is 12.1 Å². The summed E-state index contributed by atoms with van der Waals surface area (Å²) in [5.74, 6) is 0.649. The van der Waals surface area contributed by atoms with Crippen molar-refractivity contribution in [2.75, 3.05) is 5.32 Å². The fourth-order valence-corrected chi connectivity index (χ4v) is 3.09. The maximum absolute atomic E-state index is 8.88. The van der Waals surface area contributed by atoms with Crippen molar-refractivity contribution in [3.8, 4) is 6.07 Å². The summed E-state index contributed by atoms with van der Waals surface area (Å²) < 4.78 is 0. The van der Waals surface area contributed by atoms with Gasteiger partial charge in [-0.2, -0.15) is 5.26 Å². The standard InChI is InChI=1S/C18H17ClN2/c1-12-3-2-4-13(7-12)15-8-17(9-15)21-16-6-5-14(11-20)18(19)10-16/h2-7,10,15,17,21H,8-9H2,1H3. The molecule has 2 aromatic rings. The zero-order chi connectivity index (χ0) is 14.8. The Morgan fingerprint density at radius 3 is 2.67 bits per heavy atom. The third kappa shape index (κ3) is 3.04. The summed E-state index contributed by atoms with van der Waals surface area (Å²) >= 11 is 6.05. The van der Waals surface area contributed by atoms with Gasteiger partial charge in [0.2, 0.25) is 0 Å². The maximum Gasteiger partial charge on any atom is 0.101 e. The molecule has 0 saturated heterocycles. The first-order valence-electron chi connectivity index (χ1n) is 7.18. The largest absolute Gasteiger partial charge is 0.382 e. The van der Waals surface area contributed by atoms with E-state index in [9.17, 15) is 0 Å². The minimum Gasteiger partial charge on any atom is -0.382 e. The van der Waals surface area contributed by atoms with Crippen molar-refractivity contribution >= 4 is 17.3 Å². The van der Waals surface area contributed by atoms with E-state index in [4.69, 9.17) is 16.9 Å². The monoisotopic (exact) mass is 296 g/mol. The Kier molecular flexibility index (Phi) is 3.86. The Morgan fingerprint density at radius 2 is 2.00 bits per heavy atom. The fraction of sp³-hybridized carbons (Fsp3) is 0.278. The lowest BCUT2D eigenvalue weighted by Crippen LogP contribution is -2.34. The summed E-state index contributed by atoms with van der Waals surface area (Å²) in [6.45, 7) is 2.14. The first-order valence-corrected chi connectivity index (χ1v) is 7.56. The van der Waals surface area contributed by atoms with E-state index in [2.05, 4.69) is 42.6 Å². The number of benzene rings is 2. The Labute approximate surface area is 130 Å². The van der Waals surface area contributed by atoms with Gasteiger partial charge in [-0.1, -0.05) is 41.4 Å². The number of anilines is 1. The van der Waals surface area contributed by atoms with Crippen molar-refractivity contribution in [2.24, 2.45) is 0 Å². The van der Waals surface area contributed by atoms with E-state index in [0.29, 0.717) is 22.5 Å². The third-order valence-corrected chi connectivity index (χ3v) is 4.42. The van der Waals surface area contributed by atoms with Crippen LogP contribution < -0.4 is 5.32 Å². The van der Waals surface area contributed by atoms with Gasteiger partial charge in [0.1, 0.15) is 6.07 Å². The zero-order valence-corrected chi connectivity index (χ0v) is 12.7. The molecule has 106 valence electrons. The molecule has 1 N–H and O–H groups in total. The molecule has 0 spiro atoms. The highest BCUT2D eigenvalue weighted by atomic mass is 35.5. The van der Waals surface area contributed by atoms with Crippen LogP contribution in [0.4, 0.5) is 5.69 Å². The minimum atomic E-state index is 0.486. The predicted molar refractivity (Wildman–Crippen MR) is 86.7 cm³/mol. The molecule has 2 nitrogen and oxygen atoms in total. The second kappa shape index (κ2) is 5.79. The van der Waals surface area contributed by atoms with Gasteiger partial charge in [0, 0.05) is 11.7 Å². The van der Waals surface area contributed by atoms with Crippen molar-refractivity contribution in [2.45, 2.75) is 31.7 Å². The molecule has 0 heterocycles. The molecule has 2 aromatic carbocycles. The molecule has 21 heavy (non-hydrogen) atoms. The molecule has 1 aliphatic rings. The van der Waals surface area contributed by atoms with Gasteiger partial charge in [-0.3, -0.25) is 0 Å². The van der Waals surface area contributed by atoms with E-state index in [-0.39, 0.29) is 0 Å². The van der Waals surface area contributed by atoms with Crippen LogP contribution in [0, 0.1) is 18.3 Å². The molecule has 0 bridgehead atoms. The molecular weight excluding hydrogens is 280 g/mol. The van der Waals surface area contributed by atoms with Crippen LogP contribution in [0.25, 0.3) is 0 Å². The lowest BCUT2D eigenvalue weighted by molar-refractivity contribution is 0.374. The third-order valence-electron chi connectivity index (χ3n) is 4.11. The lowest BCUT2D eigenvalue weighted by atomic mass is 9.75. The zero-order valence-electron chi connectivity index (χ0n) is 11.9. The number of aryl methyl sites for hydroxylation is 1. The molecule has 3 rings (SSSR count). The maximum atomic E-state index is 8.88. The van der Waals surface area contributed by atoms with Crippen LogP contribution in [0.3, 0.4) is 0 Å². The quantitative estimate of drug-likeness (QED) is 0.876. The van der Waals surface area contributed by atoms with Gasteiger partial charge in [-0.25, -0.2) is 0 Å². The fourth-order valence-electron chi connectivity index (χ4n) is 2.86. The molecule has 1 fully saturated rings. The number of halogens is 1. The van der Waals surface area contributed by atoms with Crippen LogP contribution in [0.1, 0.15) is 35.4 Å². The summed E-state index contributed by atoms with van der Waals surface area (Å²) in [5, 5.41) is 12.9. The summed E-state index contributed by atoms with van der Waals surface area (Å²) in [6.07, 6.45) is 2.28. The van der Waals surface area contributed by atoms with Gasteiger partial charge in [-0.05, 0) is 49.4 Å². The number of hydrogen-bond acceptors (Lipinski definition) is 2. The SMILES string of the molecule is Cc1cccc(C2CC(Nc3ccc(C#N)c(Cl)c3)C2)c1. The number of rotatable bonds is 3. The number of nitriles is 1. The van der Waals surface area contributed by atoms with Crippen LogP contribution in [0.5, 0.6) is 0 Å². The Morgan fingerprint density at radius 1 is 1.19 bits per heavy atom. The van der Waals surface area contributed by atoms with Crippen LogP contribution in [-0.2, 0) is 0 Å². The second-order valence-corrected chi connectivity index (χ2v) is 6.14. The molecule has 0 radical (unpaired) electrons. The molecule has 0 atom stereocenters. The Hall–Kier alpha value is -1.98. The lowest BCUT2D eigenvalue weighted by Gasteiger charge is -2.37. The summed E-state index contributed by atoms with van der Waals surface area (Å²) in [7, 11) is 0. The highest BCUT2D eigenvalue weighted by Crippen LogP contribution is 2.39. The predicted octanol–water partition coefficient (Wildman–Crippen LogP) is 4.88. The van der Waals surface area contributed by atoms with Crippen molar-refractivity contribution in [3.05, 3.63) is 64.2 Å². The topological polar surface area (TPSA) is 35.8 Å². The number of nitrogens with one attached hydrogen (secondary N) is 1. The first-order chi connectivity index (χ1) is 10.2. The molecule has 0 aliphatic heterocycles. The molecule has 3 heteroatoms. The summed E-state index contributed by atoms with van der Waals surface area (Å²) in [5.41, 5.74) is 4.27. The van der Waals surface area contributed by atoms with E-state index in [0.717, 1.165) is 18.5 Å². The minimum absolute atomic E-state index is 0.486. The molecule has 1 saturated carbocycles. The van der Waals surface area contributed by atoms with Crippen molar-refractivity contribution in [1.29, 1.82) is 5.26 Å². The average Bonchev–Trinajstić information content (AvgIpc) is 2.42. The molecule has 1 aliphatic carbocycles. The van der Waals surface area contributed by atoms with E-state index in [1.165, 1.54) is 11.1 Å². The van der Waals surface area contributed by atoms with Crippen molar-refractivity contribution in [3.63, 3.8) is 0 Å². The number of hydrogen-bond donors (Lipinski definition) is 1. The van der Waals surface area contributed by atoms with Gasteiger partial charge in [0.15, 0.2) is 0 Å². The molecule has 0 unspecified atom stereocenters. The molecule has 0 amide bonds.